The lowest BCUT2D eigenvalue weighted by atomic mass is 10.0. The van der Waals surface area contributed by atoms with Gasteiger partial charge >= 0.3 is 0 Å². The fourth-order valence-corrected chi connectivity index (χ4v) is 4.49. The molecule has 0 spiro atoms. The molecular formula is C16H13Br3O. The number of aryl methyl sites for hydroxylation is 1. The van der Waals surface area contributed by atoms with E-state index in [1.807, 2.05) is 12.1 Å². The standard InChI is InChI=1S/C16H13Br3O/c1-9-6-13(18)11(8-12(9)17)16(19)15-7-10-4-2-3-5-14(10)20-15/h2-6,8,15-16H,7H2,1H3. The van der Waals surface area contributed by atoms with Crippen LogP contribution in [0.3, 0.4) is 0 Å². The molecule has 0 bridgehead atoms. The smallest absolute Gasteiger partial charge is 0.123 e. The maximum atomic E-state index is 6.07. The highest BCUT2D eigenvalue weighted by molar-refractivity contribution is 9.11. The third kappa shape index (κ3) is 2.70. The first-order chi connectivity index (χ1) is 9.56. The zero-order valence-electron chi connectivity index (χ0n) is 10.9. The molecule has 0 aliphatic carbocycles. The predicted octanol–water partition coefficient (Wildman–Crippen LogP) is 5.96. The number of hydrogen-bond donors (Lipinski definition) is 0. The largest absolute Gasteiger partial charge is 0.488 e. The molecule has 0 N–H and O–H groups in total. The predicted molar refractivity (Wildman–Crippen MR) is 92.8 cm³/mol. The van der Waals surface area contributed by atoms with E-state index in [9.17, 15) is 0 Å². The van der Waals surface area contributed by atoms with Crippen molar-refractivity contribution in [2.24, 2.45) is 0 Å². The Bertz CT molecular complexity index is 629. The molecule has 0 fully saturated rings. The van der Waals surface area contributed by atoms with E-state index in [-0.39, 0.29) is 10.9 Å². The highest BCUT2D eigenvalue weighted by Crippen LogP contribution is 2.41. The summed E-state index contributed by atoms with van der Waals surface area (Å²) in [5.41, 5.74) is 3.71. The summed E-state index contributed by atoms with van der Waals surface area (Å²) in [5.74, 6) is 1.00. The van der Waals surface area contributed by atoms with Crippen LogP contribution in [-0.2, 0) is 6.42 Å². The summed E-state index contributed by atoms with van der Waals surface area (Å²) in [6.45, 7) is 2.09. The van der Waals surface area contributed by atoms with Crippen molar-refractivity contribution < 1.29 is 4.74 Å². The van der Waals surface area contributed by atoms with Gasteiger partial charge in [-0.2, -0.15) is 0 Å². The van der Waals surface area contributed by atoms with E-state index in [1.54, 1.807) is 0 Å². The average Bonchev–Trinajstić information content (AvgIpc) is 2.86. The Morgan fingerprint density at radius 2 is 1.90 bits per heavy atom. The van der Waals surface area contributed by atoms with E-state index < -0.39 is 0 Å². The Labute approximate surface area is 144 Å². The molecule has 0 saturated heterocycles. The van der Waals surface area contributed by atoms with Gasteiger partial charge in [0, 0.05) is 15.4 Å². The van der Waals surface area contributed by atoms with Crippen LogP contribution in [0.5, 0.6) is 5.75 Å². The maximum Gasteiger partial charge on any atom is 0.123 e. The van der Waals surface area contributed by atoms with E-state index in [1.165, 1.54) is 16.7 Å². The first kappa shape index (κ1) is 14.6. The molecule has 2 aromatic carbocycles. The van der Waals surface area contributed by atoms with Gasteiger partial charge in [0.25, 0.3) is 0 Å². The molecule has 0 radical (unpaired) electrons. The van der Waals surface area contributed by atoms with E-state index in [4.69, 9.17) is 4.74 Å². The number of fused-ring (bicyclic) bond motifs is 1. The van der Waals surface area contributed by atoms with Gasteiger partial charge in [0.1, 0.15) is 11.9 Å². The molecule has 3 rings (SSSR count). The van der Waals surface area contributed by atoms with Gasteiger partial charge in [-0.1, -0.05) is 66.0 Å². The topological polar surface area (TPSA) is 9.23 Å². The van der Waals surface area contributed by atoms with Gasteiger partial charge in [-0.15, -0.1) is 0 Å². The highest BCUT2D eigenvalue weighted by Gasteiger charge is 2.30. The first-order valence-corrected chi connectivity index (χ1v) is 8.90. The Morgan fingerprint density at radius 1 is 1.15 bits per heavy atom. The second kappa shape index (κ2) is 5.82. The maximum absolute atomic E-state index is 6.07. The van der Waals surface area contributed by atoms with Gasteiger partial charge in [-0.3, -0.25) is 0 Å². The summed E-state index contributed by atoms with van der Waals surface area (Å²) in [4.78, 5) is 0.154. The monoisotopic (exact) mass is 458 g/mol. The lowest BCUT2D eigenvalue weighted by Gasteiger charge is -2.20. The molecule has 2 aromatic rings. The molecule has 1 nitrogen and oxygen atoms in total. The molecule has 104 valence electrons. The summed E-state index contributed by atoms with van der Waals surface area (Å²) in [7, 11) is 0. The third-order valence-corrected chi connectivity index (χ3v) is 6.20. The van der Waals surface area contributed by atoms with Crippen LogP contribution in [0.15, 0.2) is 45.3 Å². The van der Waals surface area contributed by atoms with Crippen molar-refractivity contribution in [3.8, 4) is 5.75 Å². The molecule has 1 aliphatic rings. The zero-order chi connectivity index (χ0) is 14.3. The van der Waals surface area contributed by atoms with E-state index in [0.717, 1.165) is 21.1 Å². The summed E-state index contributed by atoms with van der Waals surface area (Å²) < 4.78 is 8.30. The van der Waals surface area contributed by atoms with Gasteiger partial charge in [0.2, 0.25) is 0 Å². The molecular weight excluding hydrogens is 448 g/mol. The fourth-order valence-electron chi connectivity index (χ4n) is 2.45. The molecule has 0 amide bonds. The molecule has 2 atom stereocenters. The number of ether oxygens (including phenoxy) is 1. The number of halogens is 3. The van der Waals surface area contributed by atoms with Crippen LogP contribution in [0.1, 0.15) is 21.5 Å². The second-order valence-corrected chi connectivity index (χ2v) is 7.69. The zero-order valence-corrected chi connectivity index (χ0v) is 15.6. The quantitative estimate of drug-likeness (QED) is 0.502. The van der Waals surface area contributed by atoms with Crippen LogP contribution in [0, 0.1) is 6.92 Å². The van der Waals surface area contributed by atoms with E-state index >= 15 is 0 Å². The fraction of sp³-hybridized carbons (Fsp3) is 0.250. The average molecular weight is 461 g/mol. The van der Waals surface area contributed by atoms with Crippen molar-refractivity contribution in [1.82, 2.24) is 0 Å². The van der Waals surface area contributed by atoms with Gasteiger partial charge in [-0.25, -0.2) is 0 Å². The van der Waals surface area contributed by atoms with Crippen molar-refractivity contribution in [1.29, 1.82) is 0 Å². The lowest BCUT2D eigenvalue weighted by Crippen LogP contribution is -2.19. The van der Waals surface area contributed by atoms with Crippen molar-refractivity contribution in [3.63, 3.8) is 0 Å². The van der Waals surface area contributed by atoms with Gasteiger partial charge in [0.15, 0.2) is 0 Å². The minimum absolute atomic E-state index is 0.123. The molecule has 2 unspecified atom stereocenters. The lowest BCUT2D eigenvalue weighted by molar-refractivity contribution is 0.231. The number of rotatable bonds is 2. The van der Waals surface area contributed by atoms with Crippen LogP contribution in [-0.4, -0.2) is 6.10 Å². The van der Waals surface area contributed by atoms with Crippen molar-refractivity contribution in [3.05, 3.63) is 62.0 Å². The summed E-state index contributed by atoms with van der Waals surface area (Å²) in [6.07, 6.45) is 1.06. The summed E-state index contributed by atoms with van der Waals surface area (Å²) >= 11 is 11.1. The van der Waals surface area contributed by atoms with Crippen molar-refractivity contribution >= 4 is 47.8 Å². The Hall–Kier alpha value is -0.320. The van der Waals surface area contributed by atoms with Gasteiger partial charge < -0.3 is 4.74 Å². The van der Waals surface area contributed by atoms with Crippen LogP contribution < -0.4 is 4.74 Å². The summed E-state index contributed by atoms with van der Waals surface area (Å²) in [5, 5.41) is 0. The third-order valence-electron chi connectivity index (χ3n) is 3.57. The van der Waals surface area contributed by atoms with Crippen molar-refractivity contribution in [2.45, 2.75) is 24.3 Å². The Balaban J connectivity index is 1.88. The van der Waals surface area contributed by atoms with Crippen LogP contribution >= 0.6 is 47.8 Å². The van der Waals surface area contributed by atoms with Gasteiger partial charge in [-0.05, 0) is 41.8 Å². The number of alkyl halides is 1. The van der Waals surface area contributed by atoms with E-state index in [2.05, 4.69) is 79.0 Å². The summed E-state index contributed by atoms with van der Waals surface area (Å²) in [6, 6.07) is 12.5. The Morgan fingerprint density at radius 3 is 2.65 bits per heavy atom. The van der Waals surface area contributed by atoms with E-state index in [0.29, 0.717) is 0 Å². The molecule has 20 heavy (non-hydrogen) atoms. The van der Waals surface area contributed by atoms with Crippen LogP contribution in [0.4, 0.5) is 0 Å². The molecule has 0 aromatic heterocycles. The Kier molecular flexibility index (Phi) is 4.25. The SMILES string of the molecule is Cc1cc(Br)c(C(Br)C2Cc3ccccc3O2)cc1Br. The van der Waals surface area contributed by atoms with Crippen LogP contribution in [0.25, 0.3) is 0 Å². The van der Waals surface area contributed by atoms with Crippen LogP contribution in [0.2, 0.25) is 0 Å². The van der Waals surface area contributed by atoms with Gasteiger partial charge in [0.05, 0.1) is 4.83 Å². The van der Waals surface area contributed by atoms with Crippen molar-refractivity contribution in [2.75, 3.05) is 0 Å². The number of para-hydroxylation sites is 1. The number of hydrogen-bond acceptors (Lipinski definition) is 1. The molecule has 0 saturated carbocycles. The first-order valence-electron chi connectivity index (χ1n) is 6.40. The minimum atomic E-state index is 0.123. The minimum Gasteiger partial charge on any atom is -0.488 e. The molecule has 1 aliphatic heterocycles. The number of benzene rings is 2. The normalized spacial score (nSPS) is 18.5. The molecule has 4 heteroatoms. The second-order valence-electron chi connectivity index (χ2n) is 4.99. The molecule has 1 heterocycles. The highest BCUT2D eigenvalue weighted by atomic mass is 79.9.